The van der Waals surface area contributed by atoms with Crippen molar-refractivity contribution in [2.45, 2.75) is 60.5 Å². The third-order valence-electron chi connectivity index (χ3n) is 4.90. The third-order valence-corrected chi connectivity index (χ3v) is 6.97. The van der Waals surface area contributed by atoms with Crippen LogP contribution in [0.4, 0.5) is 0 Å². The van der Waals surface area contributed by atoms with Crippen molar-refractivity contribution >= 4 is 23.4 Å². The van der Waals surface area contributed by atoms with Crippen LogP contribution in [0.2, 0.25) is 0 Å². The molecule has 0 bridgehead atoms. The van der Waals surface area contributed by atoms with Crippen LogP contribution in [-0.2, 0) is 4.21 Å². The first-order chi connectivity index (χ1) is 11.2. The summed E-state index contributed by atoms with van der Waals surface area (Å²) in [6, 6.07) is 19.6. The maximum absolute atomic E-state index is 6.98. The second-order valence-corrected chi connectivity index (χ2v) is 8.70. The van der Waals surface area contributed by atoms with Gasteiger partial charge in [-0.15, -0.1) is 11.6 Å². The lowest BCUT2D eigenvalue weighted by Gasteiger charge is -2.27. The second kappa shape index (κ2) is 7.77. The Balaban J connectivity index is 1.78. The highest BCUT2D eigenvalue weighted by Crippen LogP contribution is 2.48. The lowest BCUT2D eigenvalue weighted by Crippen LogP contribution is -2.13. The van der Waals surface area contributed by atoms with Gasteiger partial charge in [-0.2, -0.15) is 0 Å². The summed E-state index contributed by atoms with van der Waals surface area (Å²) in [5.74, 6) is 0.755. The molecular weight excluding hydrogens is 320 g/mol. The van der Waals surface area contributed by atoms with Gasteiger partial charge in [0.2, 0.25) is 0 Å². The summed E-state index contributed by atoms with van der Waals surface area (Å²) in [5.41, 5.74) is 2.71. The first-order valence-corrected chi connectivity index (χ1v) is 9.94. The summed E-state index contributed by atoms with van der Waals surface area (Å²) in [6.45, 7) is 2.16. The lowest BCUT2D eigenvalue weighted by atomic mass is 9.84. The van der Waals surface area contributed by atoms with Gasteiger partial charge in [-0.05, 0) is 48.4 Å². The molecule has 1 unspecified atom stereocenters. The Kier molecular flexibility index (Phi) is 5.71. The van der Waals surface area contributed by atoms with Crippen LogP contribution in [0.5, 0.6) is 0 Å². The summed E-state index contributed by atoms with van der Waals surface area (Å²) in [7, 11) is 0. The molecule has 1 saturated carbocycles. The molecule has 0 aromatic heterocycles. The van der Waals surface area contributed by atoms with Crippen molar-refractivity contribution < 1.29 is 0 Å². The molecule has 2 aromatic rings. The van der Waals surface area contributed by atoms with E-state index in [4.69, 9.17) is 11.6 Å². The maximum atomic E-state index is 6.98. The van der Waals surface area contributed by atoms with Gasteiger partial charge in [-0.3, -0.25) is 0 Å². The summed E-state index contributed by atoms with van der Waals surface area (Å²) < 4.78 is -0.382. The largest absolute Gasteiger partial charge is 0.119 e. The van der Waals surface area contributed by atoms with Crippen LogP contribution in [0.15, 0.2) is 59.5 Å². The Hall–Kier alpha value is -0.920. The molecular formula is C21H25ClS. The maximum Gasteiger partial charge on any atom is 0.119 e. The van der Waals surface area contributed by atoms with Crippen LogP contribution in [0.1, 0.15) is 62.5 Å². The van der Waals surface area contributed by atoms with E-state index >= 15 is 0 Å². The normalized spacial score (nSPS) is 18.5. The predicted molar refractivity (Wildman–Crippen MR) is 102 cm³/mol. The first kappa shape index (κ1) is 16.9. The molecule has 2 aromatic carbocycles. The molecule has 0 nitrogen and oxygen atoms in total. The number of rotatable bonds is 5. The number of hydrogen-bond donors (Lipinski definition) is 0. The van der Waals surface area contributed by atoms with Gasteiger partial charge in [0.1, 0.15) is 4.21 Å². The standard InChI is InChI=1S/C21H25ClS/c1-2-21(22,23-20-11-7-4-8-12-20)19-15-13-18(14-16-19)17-9-5-3-6-10-17/h4,7-8,11-17H,2-3,5-6,9-10H2,1H3. The smallest absolute Gasteiger partial charge is 0.102 e. The molecule has 1 fully saturated rings. The Morgan fingerprint density at radius 2 is 1.61 bits per heavy atom. The van der Waals surface area contributed by atoms with Gasteiger partial charge in [-0.25, -0.2) is 0 Å². The van der Waals surface area contributed by atoms with Gasteiger partial charge >= 0.3 is 0 Å². The van der Waals surface area contributed by atoms with Gasteiger partial charge in [0.05, 0.1) is 0 Å². The van der Waals surface area contributed by atoms with Crippen LogP contribution in [0.3, 0.4) is 0 Å². The number of alkyl halides is 1. The molecule has 23 heavy (non-hydrogen) atoms. The zero-order valence-corrected chi connectivity index (χ0v) is 15.4. The average molecular weight is 345 g/mol. The van der Waals surface area contributed by atoms with E-state index in [1.807, 2.05) is 6.07 Å². The van der Waals surface area contributed by atoms with Crippen molar-refractivity contribution in [3.8, 4) is 0 Å². The second-order valence-electron chi connectivity index (χ2n) is 6.45. The number of benzene rings is 2. The van der Waals surface area contributed by atoms with Gasteiger partial charge in [0, 0.05) is 4.90 Å². The molecule has 122 valence electrons. The highest BCUT2D eigenvalue weighted by atomic mass is 35.5. The van der Waals surface area contributed by atoms with Crippen LogP contribution < -0.4 is 0 Å². The molecule has 0 spiro atoms. The zero-order valence-electron chi connectivity index (χ0n) is 13.8. The fraction of sp³-hybridized carbons (Fsp3) is 0.429. The first-order valence-electron chi connectivity index (χ1n) is 8.75. The minimum atomic E-state index is -0.382. The molecule has 0 saturated heterocycles. The lowest BCUT2D eigenvalue weighted by molar-refractivity contribution is 0.443. The summed E-state index contributed by atoms with van der Waals surface area (Å²) in [5, 5.41) is 0. The molecule has 3 rings (SSSR count). The topological polar surface area (TPSA) is 0 Å². The molecule has 1 aliphatic rings. The molecule has 1 aliphatic carbocycles. The van der Waals surface area contributed by atoms with Crippen molar-refractivity contribution in [2.24, 2.45) is 0 Å². The summed E-state index contributed by atoms with van der Waals surface area (Å²) in [6.07, 6.45) is 7.75. The SMILES string of the molecule is CCC(Cl)(Sc1ccccc1)c1ccc(C2CCCCC2)cc1. The van der Waals surface area contributed by atoms with E-state index in [1.54, 1.807) is 11.8 Å². The van der Waals surface area contributed by atoms with Crippen molar-refractivity contribution in [1.29, 1.82) is 0 Å². The van der Waals surface area contributed by atoms with Gasteiger partial charge in [0.15, 0.2) is 0 Å². The summed E-state index contributed by atoms with van der Waals surface area (Å²) >= 11 is 8.74. The monoisotopic (exact) mass is 344 g/mol. The van der Waals surface area contributed by atoms with Crippen LogP contribution in [0, 0.1) is 0 Å². The Morgan fingerprint density at radius 3 is 2.22 bits per heavy atom. The molecule has 2 heteroatoms. The third kappa shape index (κ3) is 4.14. The van der Waals surface area contributed by atoms with Crippen LogP contribution in [0.25, 0.3) is 0 Å². The van der Waals surface area contributed by atoms with Crippen LogP contribution >= 0.6 is 23.4 Å². The molecule has 0 N–H and O–H groups in total. The summed E-state index contributed by atoms with van der Waals surface area (Å²) in [4.78, 5) is 1.22. The Bertz CT molecular complexity index is 601. The van der Waals surface area contributed by atoms with Gasteiger partial charge in [0.25, 0.3) is 0 Å². The van der Waals surface area contributed by atoms with E-state index in [-0.39, 0.29) is 4.21 Å². The fourth-order valence-corrected chi connectivity index (χ4v) is 4.91. The van der Waals surface area contributed by atoms with Crippen molar-refractivity contribution in [1.82, 2.24) is 0 Å². The van der Waals surface area contributed by atoms with E-state index in [1.165, 1.54) is 48.1 Å². The van der Waals surface area contributed by atoms with Gasteiger partial charge in [-0.1, -0.05) is 80.4 Å². The highest BCUT2D eigenvalue weighted by molar-refractivity contribution is 8.01. The molecule has 1 atom stereocenters. The highest BCUT2D eigenvalue weighted by Gasteiger charge is 2.29. The average Bonchev–Trinajstić information content (AvgIpc) is 2.63. The van der Waals surface area contributed by atoms with E-state index in [0.29, 0.717) is 0 Å². The number of hydrogen-bond acceptors (Lipinski definition) is 1. The zero-order chi connectivity index (χ0) is 16.1. The Morgan fingerprint density at radius 1 is 0.957 bits per heavy atom. The van der Waals surface area contributed by atoms with Crippen molar-refractivity contribution in [3.63, 3.8) is 0 Å². The fourth-order valence-electron chi connectivity index (χ4n) is 3.45. The molecule has 0 radical (unpaired) electrons. The quantitative estimate of drug-likeness (QED) is 0.404. The van der Waals surface area contributed by atoms with Gasteiger partial charge < -0.3 is 0 Å². The molecule has 0 aliphatic heterocycles. The molecule has 0 amide bonds. The number of thioether (sulfide) groups is 1. The van der Waals surface area contributed by atoms with E-state index in [9.17, 15) is 0 Å². The van der Waals surface area contributed by atoms with E-state index in [0.717, 1.165) is 12.3 Å². The number of halogens is 1. The minimum Gasteiger partial charge on any atom is -0.102 e. The molecule has 0 heterocycles. The Labute approximate surface area is 149 Å². The van der Waals surface area contributed by atoms with E-state index < -0.39 is 0 Å². The van der Waals surface area contributed by atoms with E-state index in [2.05, 4.69) is 55.5 Å². The van der Waals surface area contributed by atoms with Crippen molar-refractivity contribution in [3.05, 3.63) is 65.7 Å². The minimum absolute atomic E-state index is 0.382. The van der Waals surface area contributed by atoms with Crippen LogP contribution in [-0.4, -0.2) is 0 Å². The predicted octanol–water partition coefficient (Wildman–Crippen LogP) is 7.33. The van der Waals surface area contributed by atoms with Crippen molar-refractivity contribution in [2.75, 3.05) is 0 Å².